The van der Waals surface area contributed by atoms with Gasteiger partial charge in [0, 0.05) is 9.13 Å². The highest BCUT2D eigenvalue weighted by molar-refractivity contribution is 14.1. The van der Waals surface area contributed by atoms with Crippen LogP contribution in [0.25, 0.3) is 6.08 Å². The lowest BCUT2D eigenvalue weighted by molar-refractivity contribution is -0.143. The van der Waals surface area contributed by atoms with E-state index >= 15 is 0 Å². The Morgan fingerprint density at radius 2 is 1.94 bits per heavy atom. The van der Waals surface area contributed by atoms with Gasteiger partial charge in [0.05, 0.1) is 38.1 Å². The number of hydrogen-bond acceptors (Lipinski definition) is 7. The van der Waals surface area contributed by atoms with Gasteiger partial charge in [-0.1, -0.05) is 23.5 Å². The average molecular weight is 730 g/mol. The second-order valence-electron chi connectivity index (χ2n) is 8.36. The first-order valence-corrected chi connectivity index (χ1v) is 14.2. The van der Waals surface area contributed by atoms with E-state index in [9.17, 15) is 14.7 Å². The summed E-state index contributed by atoms with van der Waals surface area (Å²) >= 11 is 5.46. The predicted octanol–water partition coefficient (Wildman–Crippen LogP) is 4.50. The first-order valence-electron chi connectivity index (χ1n) is 11.2. The van der Waals surface area contributed by atoms with Crippen LogP contribution in [0.2, 0.25) is 0 Å². The number of rotatable bonds is 6. The molecule has 2 heterocycles. The lowest BCUT2D eigenvalue weighted by Crippen LogP contribution is -2.40. The molecule has 0 unspecified atom stereocenters. The van der Waals surface area contributed by atoms with E-state index in [2.05, 4.69) is 50.2 Å². The molecule has 10 heteroatoms. The standard InChI is InChI=1S/C26H24I2N2O5S/c1-5-34-18-8-6-15(7-9-18)22-21(25(33)35-13(2)3)14(4)29-26-30(22)24(32)20(36-26)11-16-10-17(27)12-19(28)23(16)31/h6-13,22,31H,5H2,1-4H3/b20-11+/t22-/m1/s1. The van der Waals surface area contributed by atoms with Gasteiger partial charge in [0.2, 0.25) is 0 Å². The van der Waals surface area contributed by atoms with Crippen LogP contribution >= 0.6 is 56.5 Å². The number of aromatic hydroxyl groups is 1. The fourth-order valence-electron chi connectivity index (χ4n) is 3.93. The number of nitrogens with zero attached hydrogens (tertiary/aromatic N) is 2. The smallest absolute Gasteiger partial charge is 0.338 e. The topological polar surface area (TPSA) is 90.1 Å². The third kappa shape index (κ3) is 5.40. The summed E-state index contributed by atoms with van der Waals surface area (Å²) in [5.41, 5.74) is 1.80. The largest absolute Gasteiger partial charge is 0.506 e. The zero-order valence-electron chi connectivity index (χ0n) is 20.0. The molecular formula is C26H24I2N2O5S. The van der Waals surface area contributed by atoms with E-state index < -0.39 is 12.0 Å². The van der Waals surface area contributed by atoms with Crippen molar-refractivity contribution in [3.63, 3.8) is 0 Å². The Hall–Kier alpha value is -2.19. The van der Waals surface area contributed by atoms with Gasteiger partial charge in [0.25, 0.3) is 5.56 Å². The first kappa shape index (κ1) is 26.9. The number of carbonyl (C=O) groups excluding carboxylic acids is 1. The van der Waals surface area contributed by atoms with Crippen LogP contribution in [0.1, 0.15) is 44.9 Å². The molecule has 0 radical (unpaired) electrons. The molecule has 1 atom stereocenters. The molecule has 3 aromatic rings. The number of phenolic OH excluding ortho intramolecular Hbond substituents is 1. The Morgan fingerprint density at radius 3 is 2.58 bits per heavy atom. The molecule has 1 aliphatic heterocycles. The van der Waals surface area contributed by atoms with Crippen molar-refractivity contribution in [1.82, 2.24) is 4.57 Å². The first-order chi connectivity index (χ1) is 17.1. The van der Waals surface area contributed by atoms with Gasteiger partial charge >= 0.3 is 5.97 Å². The fourth-order valence-corrected chi connectivity index (χ4v) is 6.85. The predicted molar refractivity (Wildman–Crippen MR) is 156 cm³/mol. The second kappa shape index (κ2) is 11.1. The van der Waals surface area contributed by atoms with Crippen molar-refractivity contribution in [2.75, 3.05) is 6.61 Å². The lowest BCUT2D eigenvalue weighted by atomic mass is 9.96. The van der Waals surface area contributed by atoms with Crippen LogP contribution in [0.15, 0.2) is 57.5 Å². The van der Waals surface area contributed by atoms with Crippen LogP contribution in [-0.2, 0) is 9.53 Å². The number of fused-ring (bicyclic) bond motifs is 1. The molecule has 4 rings (SSSR count). The summed E-state index contributed by atoms with van der Waals surface area (Å²) in [6.07, 6.45) is 1.35. The van der Waals surface area contributed by atoms with Crippen molar-refractivity contribution < 1.29 is 19.4 Å². The summed E-state index contributed by atoms with van der Waals surface area (Å²) < 4.78 is 14.7. The maximum Gasteiger partial charge on any atom is 0.338 e. The maximum absolute atomic E-state index is 13.7. The summed E-state index contributed by atoms with van der Waals surface area (Å²) in [6.45, 7) is 7.76. The number of benzene rings is 2. The van der Waals surface area contributed by atoms with Crippen LogP contribution < -0.4 is 19.6 Å². The Kier molecular flexibility index (Phi) is 8.25. The molecule has 36 heavy (non-hydrogen) atoms. The molecule has 2 aromatic carbocycles. The van der Waals surface area contributed by atoms with E-state index in [0.717, 1.165) is 9.13 Å². The van der Waals surface area contributed by atoms with Crippen LogP contribution in [-0.4, -0.2) is 28.4 Å². The van der Waals surface area contributed by atoms with Gasteiger partial charge in [-0.3, -0.25) is 9.36 Å². The number of allylic oxidation sites excluding steroid dienone is 1. The van der Waals surface area contributed by atoms with Crippen LogP contribution in [0.3, 0.4) is 0 Å². The molecule has 0 spiro atoms. The molecule has 1 aromatic heterocycles. The van der Waals surface area contributed by atoms with Gasteiger partial charge in [-0.15, -0.1) is 0 Å². The summed E-state index contributed by atoms with van der Waals surface area (Å²) in [5, 5.41) is 10.6. The summed E-state index contributed by atoms with van der Waals surface area (Å²) in [4.78, 5) is 32.0. The highest BCUT2D eigenvalue weighted by Crippen LogP contribution is 2.32. The van der Waals surface area contributed by atoms with Crippen molar-refractivity contribution in [1.29, 1.82) is 0 Å². The SMILES string of the molecule is CCOc1ccc([C@@H]2C(C(=O)OC(C)C)=C(C)N=c3s/c(=C/c4cc(I)cc(I)c4O)c(=O)n32)cc1. The Morgan fingerprint density at radius 1 is 1.25 bits per heavy atom. The van der Waals surface area contributed by atoms with E-state index in [4.69, 9.17) is 9.47 Å². The van der Waals surface area contributed by atoms with Crippen LogP contribution in [0.4, 0.5) is 0 Å². The molecule has 1 N–H and O–H groups in total. The van der Waals surface area contributed by atoms with Crippen molar-refractivity contribution in [2.24, 2.45) is 4.99 Å². The number of esters is 1. The molecule has 1 aliphatic rings. The summed E-state index contributed by atoms with van der Waals surface area (Å²) in [6, 6.07) is 10.3. The molecular weight excluding hydrogens is 706 g/mol. The van der Waals surface area contributed by atoms with Crippen molar-refractivity contribution in [3.05, 3.63) is 85.6 Å². The third-order valence-corrected chi connectivity index (χ3v) is 7.86. The van der Waals surface area contributed by atoms with Crippen molar-refractivity contribution in [3.8, 4) is 11.5 Å². The van der Waals surface area contributed by atoms with Gasteiger partial charge in [-0.2, -0.15) is 0 Å². The van der Waals surface area contributed by atoms with E-state index in [1.807, 2.05) is 43.3 Å². The quantitative estimate of drug-likeness (QED) is 0.298. The number of carbonyl (C=O) groups is 1. The number of hydrogen-bond donors (Lipinski definition) is 1. The number of phenols is 1. The Bertz CT molecular complexity index is 1540. The number of thiazole rings is 1. The normalized spacial score (nSPS) is 15.6. The number of ether oxygens (including phenoxy) is 2. The third-order valence-electron chi connectivity index (χ3n) is 5.44. The zero-order valence-corrected chi connectivity index (χ0v) is 25.2. The van der Waals surface area contributed by atoms with E-state index in [1.165, 1.54) is 15.9 Å². The monoisotopic (exact) mass is 730 g/mol. The Balaban J connectivity index is 1.94. The van der Waals surface area contributed by atoms with E-state index in [0.29, 0.717) is 42.1 Å². The van der Waals surface area contributed by atoms with E-state index in [-0.39, 0.29) is 17.4 Å². The lowest BCUT2D eigenvalue weighted by Gasteiger charge is -2.25. The van der Waals surface area contributed by atoms with Crippen molar-refractivity contribution >= 4 is 68.6 Å². The molecule has 0 aliphatic carbocycles. The molecule has 0 saturated heterocycles. The van der Waals surface area contributed by atoms with Gasteiger partial charge < -0.3 is 14.6 Å². The minimum Gasteiger partial charge on any atom is -0.506 e. The van der Waals surface area contributed by atoms with Crippen LogP contribution in [0, 0.1) is 7.14 Å². The van der Waals surface area contributed by atoms with E-state index in [1.54, 1.807) is 26.8 Å². The molecule has 188 valence electrons. The molecule has 0 saturated carbocycles. The van der Waals surface area contributed by atoms with Gasteiger partial charge in [-0.05, 0) is 109 Å². The summed E-state index contributed by atoms with van der Waals surface area (Å²) in [5.74, 6) is 0.302. The van der Waals surface area contributed by atoms with Crippen molar-refractivity contribution in [2.45, 2.75) is 39.8 Å². The van der Waals surface area contributed by atoms with Crippen LogP contribution in [0.5, 0.6) is 11.5 Å². The van der Waals surface area contributed by atoms with Gasteiger partial charge in [0.15, 0.2) is 4.80 Å². The van der Waals surface area contributed by atoms with Gasteiger partial charge in [-0.25, -0.2) is 9.79 Å². The number of halogens is 2. The molecule has 0 fully saturated rings. The molecule has 7 nitrogen and oxygen atoms in total. The van der Waals surface area contributed by atoms with Gasteiger partial charge in [0.1, 0.15) is 11.5 Å². The highest BCUT2D eigenvalue weighted by atomic mass is 127. The highest BCUT2D eigenvalue weighted by Gasteiger charge is 2.33. The zero-order chi connectivity index (χ0) is 26.1. The second-order valence-corrected chi connectivity index (χ2v) is 11.8. The average Bonchev–Trinajstić information content (AvgIpc) is 3.11. The minimum absolute atomic E-state index is 0.113. The molecule has 0 amide bonds. The summed E-state index contributed by atoms with van der Waals surface area (Å²) in [7, 11) is 0. The maximum atomic E-state index is 13.7. The number of aromatic nitrogens is 1. The minimum atomic E-state index is -0.713. The fraction of sp³-hybridized carbons (Fsp3) is 0.269. The Labute approximate surface area is 239 Å². The molecule has 0 bridgehead atoms.